The monoisotopic (exact) mass is 273 g/mol. The number of benzene rings is 3. The zero-order chi connectivity index (χ0) is 14.2. The van der Waals surface area contributed by atoms with Crippen LogP contribution >= 0.6 is 0 Å². The number of cyclic esters (lactones) is 1. The number of esters is 1. The van der Waals surface area contributed by atoms with Crippen LogP contribution in [0.5, 0.6) is 0 Å². The third-order valence-corrected chi connectivity index (χ3v) is 3.56. The summed E-state index contributed by atoms with van der Waals surface area (Å²) < 4.78 is 5.30. The predicted molar refractivity (Wildman–Crippen MR) is 82.0 cm³/mol. The average molecular weight is 273 g/mol. The minimum Gasteiger partial charge on any atom is -0.403 e. The number of fused-ring (bicyclic) bond motifs is 2. The topological polar surface area (TPSA) is 38.7 Å². The summed E-state index contributed by atoms with van der Waals surface area (Å²) in [5, 5.41) is 2.14. The molecule has 3 aromatic carbocycles. The Hall–Kier alpha value is -2.94. The molecule has 4 rings (SSSR count). The second-order valence-electron chi connectivity index (χ2n) is 4.85. The maximum Gasteiger partial charge on any atom is 0.345 e. The highest BCUT2D eigenvalue weighted by Crippen LogP contribution is 2.28. The van der Waals surface area contributed by atoms with Crippen LogP contribution in [0.3, 0.4) is 0 Å². The van der Waals surface area contributed by atoms with Gasteiger partial charge in [0.2, 0.25) is 5.90 Å². The minimum absolute atomic E-state index is 0.343. The fourth-order valence-electron chi connectivity index (χ4n) is 2.54. The molecule has 0 fully saturated rings. The van der Waals surface area contributed by atoms with Crippen LogP contribution in [-0.2, 0) is 4.74 Å². The average Bonchev–Trinajstić information content (AvgIpc) is 2.85. The summed E-state index contributed by atoms with van der Waals surface area (Å²) in [5.74, 6) is 0.0246. The Kier molecular flexibility index (Phi) is 2.57. The Morgan fingerprint density at radius 2 is 1.48 bits per heavy atom. The Balaban J connectivity index is 1.91. The van der Waals surface area contributed by atoms with E-state index in [-0.39, 0.29) is 5.97 Å². The van der Waals surface area contributed by atoms with Crippen LogP contribution in [0, 0.1) is 0 Å². The van der Waals surface area contributed by atoms with Crippen molar-refractivity contribution in [2.45, 2.75) is 0 Å². The standard InChI is InChI=1S/C18H11NO2/c20-18-15-10-4-3-9-14(15)17(21-18)19-16-11-5-7-12-6-1-2-8-13(12)16/h1-11H. The number of nitrogens with zero attached hydrogens (tertiary/aromatic N) is 1. The first-order valence-corrected chi connectivity index (χ1v) is 6.71. The molecule has 3 nitrogen and oxygen atoms in total. The van der Waals surface area contributed by atoms with Crippen LogP contribution in [0.25, 0.3) is 10.8 Å². The van der Waals surface area contributed by atoms with Gasteiger partial charge >= 0.3 is 5.97 Å². The molecule has 0 saturated heterocycles. The van der Waals surface area contributed by atoms with E-state index in [9.17, 15) is 4.79 Å². The Morgan fingerprint density at radius 3 is 2.38 bits per heavy atom. The molecular weight excluding hydrogens is 262 g/mol. The SMILES string of the molecule is O=C1OC(=Nc2cccc3ccccc23)c2ccccc21. The number of hydrogen-bond donors (Lipinski definition) is 0. The number of hydrogen-bond acceptors (Lipinski definition) is 3. The van der Waals surface area contributed by atoms with E-state index in [1.807, 2.05) is 60.7 Å². The van der Waals surface area contributed by atoms with Crippen molar-refractivity contribution >= 4 is 28.3 Å². The third kappa shape index (κ3) is 1.91. The molecular formula is C18H11NO2. The van der Waals surface area contributed by atoms with Crippen molar-refractivity contribution in [2.24, 2.45) is 4.99 Å². The molecule has 0 saturated carbocycles. The van der Waals surface area contributed by atoms with Crippen molar-refractivity contribution in [3.05, 3.63) is 77.9 Å². The molecule has 1 heterocycles. The van der Waals surface area contributed by atoms with Gasteiger partial charge in [-0.2, -0.15) is 0 Å². The highest BCUT2D eigenvalue weighted by atomic mass is 16.5. The third-order valence-electron chi connectivity index (χ3n) is 3.56. The first kappa shape index (κ1) is 11.9. The number of rotatable bonds is 1. The molecule has 0 N–H and O–H groups in total. The summed E-state index contributed by atoms with van der Waals surface area (Å²) in [4.78, 5) is 16.4. The van der Waals surface area contributed by atoms with Gasteiger partial charge in [-0.1, -0.05) is 48.5 Å². The van der Waals surface area contributed by atoms with Gasteiger partial charge in [0.05, 0.1) is 16.8 Å². The van der Waals surface area contributed by atoms with E-state index in [1.54, 1.807) is 6.07 Å². The van der Waals surface area contributed by atoms with Gasteiger partial charge in [0.1, 0.15) is 0 Å². The largest absolute Gasteiger partial charge is 0.403 e. The maximum atomic E-state index is 11.8. The lowest BCUT2D eigenvalue weighted by molar-refractivity contribution is 0.0737. The van der Waals surface area contributed by atoms with Gasteiger partial charge in [-0.3, -0.25) is 0 Å². The summed E-state index contributed by atoms with van der Waals surface area (Å²) >= 11 is 0. The molecule has 0 aromatic heterocycles. The molecule has 0 atom stereocenters. The molecule has 21 heavy (non-hydrogen) atoms. The summed E-state index contributed by atoms with van der Waals surface area (Å²) in [6.07, 6.45) is 0. The molecule has 0 aliphatic carbocycles. The van der Waals surface area contributed by atoms with Gasteiger partial charge in [0.15, 0.2) is 0 Å². The van der Waals surface area contributed by atoms with E-state index in [4.69, 9.17) is 4.74 Å². The first-order valence-electron chi connectivity index (χ1n) is 6.71. The summed E-state index contributed by atoms with van der Waals surface area (Å²) in [5.41, 5.74) is 2.11. The van der Waals surface area contributed by atoms with Crippen LogP contribution in [0.4, 0.5) is 5.69 Å². The lowest BCUT2D eigenvalue weighted by Crippen LogP contribution is -1.99. The van der Waals surface area contributed by atoms with Gasteiger partial charge in [-0.05, 0) is 23.6 Å². The maximum absolute atomic E-state index is 11.8. The Morgan fingerprint density at radius 1 is 0.762 bits per heavy atom. The molecule has 0 radical (unpaired) electrons. The summed E-state index contributed by atoms with van der Waals surface area (Å²) in [7, 11) is 0. The molecule has 1 aliphatic rings. The van der Waals surface area contributed by atoms with Crippen molar-refractivity contribution < 1.29 is 9.53 Å². The summed E-state index contributed by atoms with van der Waals surface area (Å²) in [6.45, 7) is 0. The van der Waals surface area contributed by atoms with Crippen molar-refractivity contribution in [3.63, 3.8) is 0 Å². The van der Waals surface area contributed by atoms with Crippen LogP contribution in [0.15, 0.2) is 71.7 Å². The zero-order valence-corrected chi connectivity index (χ0v) is 11.1. The van der Waals surface area contributed by atoms with E-state index < -0.39 is 0 Å². The Bertz CT molecular complexity index is 891. The smallest absolute Gasteiger partial charge is 0.345 e. The first-order chi connectivity index (χ1) is 10.3. The van der Waals surface area contributed by atoms with Crippen LogP contribution in [0.2, 0.25) is 0 Å². The van der Waals surface area contributed by atoms with Crippen LogP contribution in [-0.4, -0.2) is 11.9 Å². The highest BCUT2D eigenvalue weighted by molar-refractivity contribution is 6.17. The lowest BCUT2D eigenvalue weighted by Gasteiger charge is -2.03. The zero-order valence-electron chi connectivity index (χ0n) is 11.1. The van der Waals surface area contributed by atoms with Crippen molar-refractivity contribution in [1.82, 2.24) is 0 Å². The number of aliphatic imine (C=N–C) groups is 1. The molecule has 3 aromatic rings. The molecule has 0 amide bonds. The van der Waals surface area contributed by atoms with E-state index in [0.717, 1.165) is 22.0 Å². The molecule has 100 valence electrons. The molecule has 0 bridgehead atoms. The fourth-order valence-corrected chi connectivity index (χ4v) is 2.54. The molecule has 1 aliphatic heterocycles. The van der Waals surface area contributed by atoms with Crippen molar-refractivity contribution in [3.8, 4) is 0 Å². The van der Waals surface area contributed by atoms with Gasteiger partial charge in [-0.25, -0.2) is 9.79 Å². The molecule has 0 unspecified atom stereocenters. The van der Waals surface area contributed by atoms with E-state index >= 15 is 0 Å². The van der Waals surface area contributed by atoms with Crippen molar-refractivity contribution in [1.29, 1.82) is 0 Å². The normalized spacial score (nSPS) is 15.2. The number of ether oxygens (including phenoxy) is 1. The summed E-state index contributed by atoms with van der Waals surface area (Å²) in [6, 6.07) is 21.2. The quantitative estimate of drug-likeness (QED) is 0.626. The van der Waals surface area contributed by atoms with Crippen LogP contribution in [0.1, 0.15) is 15.9 Å². The van der Waals surface area contributed by atoms with Crippen LogP contribution < -0.4 is 0 Å². The van der Waals surface area contributed by atoms with E-state index in [2.05, 4.69) is 4.99 Å². The highest BCUT2D eigenvalue weighted by Gasteiger charge is 2.27. The van der Waals surface area contributed by atoms with Crippen molar-refractivity contribution in [2.75, 3.05) is 0 Å². The van der Waals surface area contributed by atoms with Gasteiger partial charge in [0, 0.05) is 5.39 Å². The van der Waals surface area contributed by atoms with E-state index in [0.29, 0.717) is 11.5 Å². The Labute approximate surface area is 121 Å². The number of carbonyl (C=O) groups excluding carboxylic acids is 1. The number of carbonyl (C=O) groups is 1. The molecule has 3 heteroatoms. The minimum atomic E-state index is -0.343. The van der Waals surface area contributed by atoms with Gasteiger partial charge in [0.25, 0.3) is 0 Å². The fraction of sp³-hybridized carbons (Fsp3) is 0. The molecule has 0 spiro atoms. The van der Waals surface area contributed by atoms with E-state index in [1.165, 1.54) is 0 Å². The predicted octanol–water partition coefficient (Wildman–Crippen LogP) is 4.09. The second-order valence-corrected chi connectivity index (χ2v) is 4.85. The second kappa shape index (κ2) is 4.56. The lowest BCUT2D eigenvalue weighted by atomic mass is 10.1. The van der Waals surface area contributed by atoms with Gasteiger partial charge < -0.3 is 4.74 Å². The van der Waals surface area contributed by atoms with Gasteiger partial charge in [-0.15, -0.1) is 0 Å².